The predicted molar refractivity (Wildman–Crippen MR) is 36.7 cm³/mol. The highest BCUT2D eigenvalue weighted by Gasteiger charge is 2.32. The predicted octanol–water partition coefficient (Wildman–Crippen LogP) is 1.75. The van der Waals surface area contributed by atoms with E-state index in [1.807, 2.05) is 0 Å². The van der Waals surface area contributed by atoms with E-state index in [0.717, 1.165) is 7.11 Å². The minimum Gasteiger partial charge on any atom is -0.429 e. The van der Waals surface area contributed by atoms with Gasteiger partial charge in [0, 0.05) is 0 Å². The summed E-state index contributed by atoms with van der Waals surface area (Å²) in [6.45, 7) is 0.0891. The molecule has 0 aromatic carbocycles. The fourth-order valence-corrected chi connectivity index (χ4v) is 0.941. The van der Waals surface area contributed by atoms with E-state index in [1.54, 1.807) is 0 Å². The minimum atomic E-state index is -2.34. The molecule has 0 spiro atoms. The van der Waals surface area contributed by atoms with Crippen molar-refractivity contribution in [2.24, 2.45) is 0 Å². The molecule has 10 heavy (non-hydrogen) atoms. The van der Waals surface area contributed by atoms with Gasteiger partial charge in [0.05, 0.1) is 13.0 Å². The van der Waals surface area contributed by atoms with Crippen LogP contribution in [0.2, 0.25) is 0 Å². The quantitative estimate of drug-likeness (QED) is 0.495. The lowest BCUT2D eigenvalue weighted by Crippen LogP contribution is -1.95. The normalized spacial score (nSPS) is 10.8. The molecule has 6 heteroatoms. The fraction of sp³-hybridized carbons (Fsp3) is 0.750. The lowest BCUT2D eigenvalue weighted by molar-refractivity contribution is 0.192. The molecule has 0 bridgehead atoms. The first kappa shape index (κ1) is 9.82. The summed E-state index contributed by atoms with van der Waals surface area (Å²) in [4.78, 5) is 10.3. The van der Waals surface area contributed by atoms with Crippen molar-refractivity contribution in [3.05, 3.63) is 0 Å². The lowest BCUT2D eigenvalue weighted by Gasteiger charge is -1.83. The molecular weight excluding hydrogens is 178 g/mol. The maximum Gasteiger partial charge on any atom is 0.636 e. The molecule has 0 amide bonds. The molecule has 0 aromatic heterocycles. The van der Waals surface area contributed by atoms with E-state index >= 15 is 0 Å². The number of halogens is 1. The molecule has 0 rings (SSSR count). The first-order valence-electron chi connectivity index (χ1n) is 2.46. The number of carbonyl (C=O) groups is 1. The Bertz CT molecular complexity index is 137. The summed E-state index contributed by atoms with van der Waals surface area (Å²) >= 11 is 5.19. The van der Waals surface area contributed by atoms with Crippen molar-refractivity contribution < 1.29 is 18.6 Å². The van der Waals surface area contributed by atoms with E-state index in [4.69, 9.17) is 11.6 Å². The van der Waals surface area contributed by atoms with Crippen LogP contribution in [-0.2, 0) is 13.8 Å². The summed E-state index contributed by atoms with van der Waals surface area (Å²) in [7, 11) is -1.20. The number of hydrogen-bond acceptors (Lipinski definition) is 4. The van der Waals surface area contributed by atoms with Crippen molar-refractivity contribution >= 4 is 25.3 Å². The van der Waals surface area contributed by atoms with Gasteiger partial charge in [0.15, 0.2) is 0 Å². The minimum absolute atomic E-state index is 0.0891. The second-order valence-corrected chi connectivity index (χ2v) is 2.76. The van der Waals surface area contributed by atoms with Crippen molar-refractivity contribution in [1.29, 1.82) is 0 Å². The Balaban J connectivity index is 3.52. The zero-order chi connectivity index (χ0) is 7.98. The first-order valence-corrected chi connectivity index (χ1v) is 4.17. The molecule has 0 saturated heterocycles. The molecule has 58 valence electrons. The maximum atomic E-state index is 10.5. The van der Waals surface area contributed by atoms with Crippen molar-refractivity contribution in [2.45, 2.75) is 0 Å². The van der Waals surface area contributed by atoms with Crippen LogP contribution in [0, 0.1) is 0 Å². The summed E-state index contributed by atoms with van der Waals surface area (Å²) in [6, 6.07) is 0. The second-order valence-electron chi connectivity index (χ2n) is 1.25. The van der Waals surface area contributed by atoms with E-state index < -0.39 is 13.7 Å². The van der Waals surface area contributed by atoms with Crippen LogP contribution in [0.15, 0.2) is 0 Å². The molecule has 4 nitrogen and oxygen atoms in total. The Kier molecular flexibility index (Phi) is 5.49. The van der Waals surface area contributed by atoms with E-state index in [2.05, 4.69) is 9.26 Å². The Labute approximate surface area is 64.3 Å². The van der Waals surface area contributed by atoms with Gasteiger partial charge < -0.3 is 4.74 Å². The zero-order valence-corrected chi connectivity index (χ0v) is 7.02. The van der Waals surface area contributed by atoms with Crippen molar-refractivity contribution in [1.82, 2.24) is 0 Å². The van der Waals surface area contributed by atoms with Gasteiger partial charge in [-0.3, -0.25) is 0 Å². The van der Waals surface area contributed by atoms with Gasteiger partial charge in [0.25, 0.3) is 0 Å². The molecule has 0 fully saturated rings. The van der Waals surface area contributed by atoms with Gasteiger partial charge in [-0.15, -0.1) is 16.1 Å². The molecular formula is C4H7ClO4P+. The van der Waals surface area contributed by atoms with E-state index in [-0.39, 0.29) is 12.5 Å². The number of alkyl halides is 1. The van der Waals surface area contributed by atoms with Gasteiger partial charge >= 0.3 is 13.7 Å². The van der Waals surface area contributed by atoms with E-state index in [0.29, 0.717) is 0 Å². The van der Waals surface area contributed by atoms with E-state index in [9.17, 15) is 9.36 Å². The third-order valence-corrected chi connectivity index (χ3v) is 1.66. The van der Waals surface area contributed by atoms with Crippen LogP contribution in [0.3, 0.4) is 0 Å². The highest BCUT2D eigenvalue weighted by molar-refractivity contribution is 7.58. The average Bonchev–Trinajstić information content (AvgIpc) is 1.98. The molecule has 0 saturated carbocycles. The molecule has 0 aliphatic rings. The Hall–Kier alpha value is -0.180. The van der Waals surface area contributed by atoms with Crippen molar-refractivity contribution in [3.63, 3.8) is 0 Å². The van der Waals surface area contributed by atoms with Gasteiger partial charge in [-0.05, 0) is 4.57 Å². The van der Waals surface area contributed by atoms with E-state index in [1.165, 1.54) is 0 Å². The number of hydrogen-bond donors (Lipinski definition) is 0. The van der Waals surface area contributed by atoms with Crippen molar-refractivity contribution in [2.75, 3.05) is 19.6 Å². The third-order valence-electron chi connectivity index (χ3n) is 0.609. The summed E-state index contributed by atoms with van der Waals surface area (Å²) < 4.78 is 19.1. The molecule has 0 aliphatic heterocycles. The monoisotopic (exact) mass is 185 g/mol. The SMILES string of the molecule is COC(=O)[P+](=O)OCCCl. The van der Waals surface area contributed by atoms with Gasteiger partial charge in [-0.1, -0.05) is 0 Å². The fourth-order valence-electron chi connectivity index (χ4n) is 0.245. The molecule has 0 aliphatic carbocycles. The molecule has 0 radical (unpaired) electrons. The lowest BCUT2D eigenvalue weighted by atomic mass is 10.9. The Morgan fingerprint density at radius 3 is 2.70 bits per heavy atom. The van der Waals surface area contributed by atoms with Crippen LogP contribution in [0.1, 0.15) is 0 Å². The molecule has 1 unspecified atom stereocenters. The Morgan fingerprint density at radius 2 is 2.30 bits per heavy atom. The summed E-state index contributed by atoms with van der Waals surface area (Å²) in [6.07, 6.45) is 0. The van der Waals surface area contributed by atoms with Crippen LogP contribution in [0.5, 0.6) is 0 Å². The number of ether oxygens (including phenoxy) is 1. The van der Waals surface area contributed by atoms with Crippen LogP contribution in [-0.4, -0.2) is 25.3 Å². The summed E-state index contributed by atoms with van der Waals surface area (Å²) in [5.74, 6) is 0.206. The molecule has 0 aromatic rings. The van der Waals surface area contributed by atoms with Gasteiger partial charge in [0.2, 0.25) is 0 Å². The summed E-state index contributed by atoms with van der Waals surface area (Å²) in [5.41, 5.74) is -0.861. The van der Waals surface area contributed by atoms with Gasteiger partial charge in [0.1, 0.15) is 6.61 Å². The number of carbonyl (C=O) groups excluding carboxylic acids is 1. The summed E-state index contributed by atoms with van der Waals surface area (Å²) in [5, 5.41) is 0. The molecule has 1 atom stereocenters. The standard InChI is InChI=1S/C4H7ClO4P/c1-8-4(6)10(7)9-3-2-5/h2-3H2,1H3/q+1. The van der Waals surface area contributed by atoms with Crippen LogP contribution in [0.4, 0.5) is 4.79 Å². The highest BCUT2D eigenvalue weighted by Crippen LogP contribution is 2.23. The third kappa shape index (κ3) is 3.77. The van der Waals surface area contributed by atoms with Crippen molar-refractivity contribution in [3.8, 4) is 0 Å². The smallest absolute Gasteiger partial charge is 0.429 e. The topological polar surface area (TPSA) is 52.6 Å². The van der Waals surface area contributed by atoms with Crippen LogP contribution < -0.4 is 0 Å². The number of methoxy groups -OCH3 is 1. The molecule has 0 heterocycles. The zero-order valence-electron chi connectivity index (χ0n) is 5.37. The van der Waals surface area contributed by atoms with Gasteiger partial charge in [-0.2, -0.15) is 4.79 Å². The maximum absolute atomic E-state index is 10.5. The van der Waals surface area contributed by atoms with Gasteiger partial charge in [-0.25, -0.2) is 0 Å². The Morgan fingerprint density at radius 1 is 1.70 bits per heavy atom. The van der Waals surface area contributed by atoms with Crippen LogP contribution >= 0.6 is 19.6 Å². The average molecular weight is 186 g/mol. The molecule has 0 N–H and O–H groups in total. The highest BCUT2D eigenvalue weighted by atomic mass is 35.5. The largest absolute Gasteiger partial charge is 0.636 e. The first-order chi connectivity index (χ1) is 4.72. The van der Waals surface area contributed by atoms with Crippen LogP contribution in [0.25, 0.3) is 0 Å². The second kappa shape index (κ2) is 5.59. The number of rotatable bonds is 4.